The van der Waals surface area contributed by atoms with Gasteiger partial charge in [-0.3, -0.25) is 4.55 Å². The normalized spacial score (nSPS) is 12.0. The van der Waals surface area contributed by atoms with Crippen molar-refractivity contribution in [3.8, 4) is 12.1 Å². The van der Waals surface area contributed by atoms with E-state index in [1.54, 1.807) is 6.92 Å². The third-order valence-corrected chi connectivity index (χ3v) is 9.03. The van der Waals surface area contributed by atoms with E-state index in [1.807, 2.05) is 33.2 Å². The molecule has 0 aliphatic heterocycles. The Hall–Kier alpha value is -2.99. The first-order valence-electron chi connectivity index (χ1n) is 15.2. The van der Waals surface area contributed by atoms with E-state index in [0.29, 0.717) is 97.0 Å². The second-order valence-corrected chi connectivity index (χ2v) is 13.8. The number of quaternary nitrogens is 1. The summed E-state index contributed by atoms with van der Waals surface area (Å²) in [5.74, 6) is -0.224. The molecule has 0 saturated heterocycles. The first kappa shape index (κ1) is 39.2. The Morgan fingerprint density at radius 1 is 0.913 bits per heavy atom. The van der Waals surface area contributed by atoms with Crippen LogP contribution < -0.4 is 4.90 Å². The maximum atomic E-state index is 10.8. The highest BCUT2D eigenvalue weighted by molar-refractivity contribution is 7.85. The largest absolute Gasteiger partial charge is 0.377 e. The molecule has 0 radical (unpaired) electrons. The van der Waals surface area contributed by atoms with Crippen LogP contribution in [-0.4, -0.2) is 116 Å². The van der Waals surface area contributed by atoms with Crippen molar-refractivity contribution in [2.45, 2.75) is 27.2 Å². The molecule has 0 amide bonds. The number of aryl methyl sites for hydroxylation is 1. The highest BCUT2D eigenvalue weighted by atomic mass is 32.2. The number of hydrogen-bond acceptors (Lipinski definition) is 12. The summed E-state index contributed by atoms with van der Waals surface area (Å²) in [6.07, 6.45) is 0.401. The lowest BCUT2D eigenvalue weighted by molar-refractivity contribution is -0.890. The first-order chi connectivity index (χ1) is 21.9. The molecule has 2 rings (SSSR count). The van der Waals surface area contributed by atoms with Gasteiger partial charge in [-0.2, -0.15) is 18.9 Å². The van der Waals surface area contributed by atoms with E-state index in [0.717, 1.165) is 30.9 Å². The van der Waals surface area contributed by atoms with E-state index in [2.05, 4.69) is 40.3 Å². The second-order valence-electron chi connectivity index (χ2n) is 11.2. The highest BCUT2D eigenvalue weighted by Crippen LogP contribution is 2.36. The number of benzene rings is 1. The number of anilines is 1. The van der Waals surface area contributed by atoms with E-state index in [4.69, 9.17) is 23.5 Å². The molecule has 1 aromatic carbocycles. The minimum Gasteiger partial charge on any atom is -0.377 e. The number of likely N-dealkylation sites (N-methyl/N-ethyl adjacent to an activating group) is 2. The summed E-state index contributed by atoms with van der Waals surface area (Å²) < 4.78 is 53.6. The van der Waals surface area contributed by atoms with Crippen LogP contribution in [0, 0.1) is 36.5 Å². The van der Waals surface area contributed by atoms with Crippen LogP contribution in [0.1, 0.15) is 34.9 Å². The van der Waals surface area contributed by atoms with E-state index in [-0.39, 0.29) is 5.75 Å². The van der Waals surface area contributed by atoms with Crippen LogP contribution in [0.2, 0.25) is 0 Å². The van der Waals surface area contributed by atoms with Crippen LogP contribution in [0.4, 0.5) is 16.4 Å². The van der Waals surface area contributed by atoms with Crippen LogP contribution in [-0.2, 0) is 29.1 Å². The van der Waals surface area contributed by atoms with Crippen molar-refractivity contribution >= 4 is 37.8 Å². The number of thiophene rings is 1. The maximum absolute atomic E-state index is 10.8. The van der Waals surface area contributed by atoms with Crippen LogP contribution in [0.3, 0.4) is 0 Å². The number of nitriles is 2. The fraction of sp³-hybridized carbons (Fsp3) is 0.613. The zero-order chi connectivity index (χ0) is 34.0. The standard InChI is InChI=1S/C31H46N6O7S2/c1-6-36(27-8-9-29(25(2)22-27)34-35-31-28(23-32)26(3)30(24-33)45-31)10-13-41-15-17-43-19-20-44-18-16-42-14-12-37(4,5)11-7-21-46(38,39)40/h8-9,22H,6-7,10-21H2,1-5H3/p+1/b35-34+. The topological polar surface area (TPSA) is 167 Å². The molecule has 0 atom stereocenters. The molecule has 13 nitrogen and oxygen atoms in total. The Balaban J connectivity index is 1.57. The SMILES string of the molecule is CCN(CCOCCOCCOCCOCC[N+](C)(C)CCCS(=O)(=O)O)c1ccc(/N=N/c2sc(C#N)c(C)c2C#N)c(C)c1. The fourth-order valence-corrected chi connectivity index (χ4v) is 5.73. The van der Waals surface area contributed by atoms with Gasteiger partial charge in [0.2, 0.25) is 0 Å². The molecule has 1 heterocycles. The van der Waals surface area contributed by atoms with Gasteiger partial charge in [0.05, 0.1) is 90.5 Å². The lowest BCUT2D eigenvalue weighted by atomic mass is 10.1. The molecule has 0 aliphatic carbocycles. The highest BCUT2D eigenvalue weighted by Gasteiger charge is 2.17. The number of nitrogens with zero attached hydrogens (tertiary/aromatic N) is 6. The molecule has 15 heteroatoms. The molecule has 0 bridgehead atoms. The second kappa shape index (κ2) is 20.3. The Morgan fingerprint density at radius 2 is 1.52 bits per heavy atom. The van der Waals surface area contributed by atoms with Gasteiger partial charge in [-0.1, -0.05) is 0 Å². The maximum Gasteiger partial charge on any atom is 0.265 e. The molecule has 0 saturated carbocycles. The number of ether oxygens (including phenoxy) is 4. The number of rotatable bonds is 23. The van der Waals surface area contributed by atoms with Gasteiger partial charge in [-0.25, -0.2) is 0 Å². The lowest BCUT2D eigenvalue weighted by Gasteiger charge is -2.29. The summed E-state index contributed by atoms with van der Waals surface area (Å²) in [7, 11) is 0.0784. The predicted octanol–water partition coefficient (Wildman–Crippen LogP) is 4.77. The minimum atomic E-state index is -3.91. The van der Waals surface area contributed by atoms with Gasteiger partial charge in [0.25, 0.3) is 10.1 Å². The van der Waals surface area contributed by atoms with E-state index < -0.39 is 10.1 Å². The van der Waals surface area contributed by atoms with Crippen molar-refractivity contribution < 1.29 is 36.4 Å². The summed E-state index contributed by atoms with van der Waals surface area (Å²) in [6, 6.07) is 10.2. The van der Waals surface area contributed by atoms with Crippen LogP contribution in [0.25, 0.3) is 0 Å². The van der Waals surface area contributed by atoms with Crippen molar-refractivity contribution in [3.63, 3.8) is 0 Å². The first-order valence-corrected chi connectivity index (χ1v) is 17.6. The van der Waals surface area contributed by atoms with E-state index in [9.17, 15) is 18.9 Å². The predicted molar refractivity (Wildman–Crippen MR) is 178 cm³/mol. The number of hydrogen-bond donors (Lipinski definition) is 1. The quantitative estimate of drug-likeness (QED) is 0.0748. The Morgan fingerprint density at radius 3 is 2.07 bits per heavy atom. The fourth-order valence-electron chi connectivity index (χ4n) is 4.36. The summed E-state index contributed by atoms with van der Waals surface area (Å²) >= 11 is 1.17. The third-order valence-electron chi connectivity index (χ3n) is 7.15. The molecule has 0 fully saturated rings. The van der Waals surface area contributed by atoms with E-state index >= 15 is 0 Å². The van der Waals surface area contributed by atoms with E-state index in [1.165, 1.54) is 11.3 Å². The third kappa shape index (κ3) is 14.6. The summed E-state index contributed by atoms with van der Waals surface area (Å²) in [5.41, 5.74) is 3.73. The van der Waals surface area contributed by atoms with Crippen LogP contribution in [0.15, 0.2) is 28.4 Å². The van der Waals surface area contributed by atoms with Gasteiger partial charge in [0.1, 0.15) is 23.6 Å². The Bertz CT molecular complexity index is 1450. The average Bonchev–Trinajstić information content (AvgIpc) is 3.31. The lowest BCUT2D eigenvalue weighted by Crippen LogP contribution is -2.43. The zero-order valence-corrected chi connectivity index (χ0v) is 29.2. The summed E-state index contributed by atoms with van der Waals surface area (Å²) in [5, 5.41) is 27.7. The van der Waals surface area contributed by atoms with Gasteiger partial charge >= 0.3 is 0 Å². The average molecular weight is 680 g/mol. The van der Waals surface area contributed by atoms with Gasteiger partial charge in [-0.15, -0.1) is 21.6 Å². The minimum absolute atomic E-state index is 0.224. The van der Waals surface area contributed by atoms with Gasteiger partial charge in [0.15, 0.2) is 5.00 Å². The molecule has 46 heavy (non-hydrogen) atoms. The molecular formula is C31H47N6O7S2+. The Kier molecular flexibility index (Phi) is 17.3. The zero-order valence-electron chi connectivity index (χ0n) is 27.5. The van der Waals surface area contributed by atoms with Crippen LogP contribution >= 0.6 is 11.3 Å². The monoisotopic (exact) mass is 679 g/mol. The van der Waals surface area contributed by atoms with Crippen molar-refractivity contribution in [3.05, 3.63) is 39.8 Å². The molecule has 2 aromatic rings. The van der Waals surface area contributed by atoms with Crippen LogP contribution in [0.5, 0.6) is 0 Å². The Labute approximate surface area is 277 Å². The molecule has 1 N–H and O–H groups in total. The molecular weight excluding hydrogens is 633 g/mol. The molecule has 0 unspecified atom stereocenters. The summed E-state index contributed by atoms with van der Waals surface area (Å²) in [4.78, 5) is 2.69. The van der Waals surface area contributed by atoms with Crippen molar-refractivity contribution in [2.75, 3.05) is 104 Å². The van der Waals surface area contributed by atoms with Gasteiger partial charge in [-0.05, 0) is 50.1 Å². The molecule has 254 valence electrons. The number of azo groups is 1. The summed E-state index contributed by atoms with van der Waals surface area (Å²) in [6.45, 7) is 12.6. The smallest absolute Gasteiger partial charge is 0.265 e. The molecule has 0 spiro atoms. The van der Waals surface area contributed by atoms with Gasteiger partial charge in [0, 0.05) is 25.2 Å². The van der Waals surface area contributed by atoms with Gasteiger partial charge < -0.3 is 28.3 Å². The molecule has 0 aliphatic rings. The molecule has 1 aromatic heterocycles. The van der Waals surface area contributed by atoms with Crippen molar-refractivity contribution in [1.29, 1.82) is 10.5 Å². The van der Waals surface area contributed by atoms with Crippen molar-refractivity contribution in [2.24, 2.45) is 10.2 Å². The van der Waals surface area contributed by atoms with Crippen molar-refractivity contribution in [1.82, 2.24) is 0 Å².